The molecular formula is C14H23N5O3S. The topological polar surface area (TPSA) is 85.5 Å². The molecule has 0 bridgehead atoms. The smallest absolute Gasteiger partial charge is 0.333 e. The number of aromatic nitrogens is 2. The van der Waals surface area contributed by atoms with Crippen LogP contribution < -0.4 is 5.32 Å². The molecule has 0 saturated carbocycles. The predicted molar refractivity (Wildman–Crippen MR) is 90.2 cm³/mol. The fourth-order valence-electron chi connectivity index (χ4n) is 3.45. The van der Waals surface area contributed by atoms with Crippen molar-refractivity contribution in [2.24, 2.45) is 7.05 Å². The van der Waals surface area contributed by atoms with Crippen LogP contribution in [0.25, 0.3) is 0 Å². The van der Waals surface area contributed by atoms with E-state index in [1.165, 1.54) is 0 Å². The highest BCUT2D eigenvalue weighted by molar-refractivity contribution is 7.99. The molecule has 2 aliphatic rings. The predicted octanol–water partition coefficient (Wildman–Crippen LogP) is 1.26. The summed E-state index contributed by atoms with van der Waals surface area (Å²) in [7, 11) is 1.74. The average Bonchev–Trinajstić information content (AvgIpc) is 3.11. The minimum atomic E-state index is -0.352. The summed E-state index contributed by atoms with van der Waals surface area (Å²) >= 11 is 1.95. The van der Waals surface area contributed by atoms with Crippen molar-refractivity contribution in [2.75, 3.05) is 49.7 Å². The van der Waals surface area contributed by atoms with Crippen LogP contribution in [0.15, 0.2) is 0 Å². The summed E-state index contributed by atoms with van der Waals surface area (Å²) in [5, 5.41) is 18.8. The summed E-state index contributed by atoms with van der Waals surface area (Å²) in [5.74, 6) is 2.67. The number of rotatable bonds is 5. The van der Waals surface area contributed by atoms with E-state index >= 15 is 0 Å². The number of hydrogen-bond acceptors (Lipinski definition) is 7. The van der Waals surface area contributed by atoms with Crippen molar-refractivity contribution in [1.82, 2.24) is 14.7 Å². The Morgan fingerprint density at radius 3 is 2.83 bits per heavy atom. The van der Waals surface area contributed by atoms with Crippen LogP contribution in [0.5, 0.6) is 0 Å². The first-order chi connectivity index (χ1) is 11.0. The zero-order valence-corrected chi connectivity index (χ0v) is 14.4. The highest BCUT2D eigenvalue weighted by Gasteiger charge is 2.41. The van der Waals surface area contributed by atoms with E-state index in [4.69, 9.17) is 4.74 Å². The van der Waals surface area contributed by atoms with Gasteiger partial charge in [0.25, 0.3) is 0 Å². The van der Waals surface area contributed by atoms with Gasteiger partial charge in [0.1, 0.15) is 5.69 Å². The fraction of sp³-hybridized carbons (Fsp3) is 0.786. The monoisotopic (exact) mass is 341 g/mol. The van der Waals surface area contributed by atoms with Crippen molar-refractivity contribution >= 4 is 23.3 Å². The van der Waals surface area contributed by atoms with Crippen molar-refractivity contribution in [3.05, 3.63) is 15.8 Å². The minimum Gasteiger partial charge on any atom is -0.379 e. The van der Waals surface area contributed by atoms with Crippen LogP contribution in [-0.2, 0) is 11.8 Å². The quantitative estimate of drug-likeness (QED) is 0.637. The molecule has 23 heavy (non-hydrogen) atoms. The maximum atomic E-state index is 11.3. The lowest BCUT2D eigenvalue weighted by molar-refractivity contribution is -0.384. The van der Waals surface area contributed by atoms with Crippen LogP contribution in [-0.4, -0.2) is 69.5 Å². The largest absolute Gasteiger partial charge is 0.379 e. The zero-order valence-electron chi connectivity index (χ0n) is 13.6. The molecule has 1 aromatic rings. The van der Waals surface area contributed by atoms with E-state index in [1.54, 1.807) is 18.7 Å². The van der Waals surface area contributed by atoms with Gasteiger partial charge in [0, 0.05) is 38.0 Å². The van der Waals surface area contributed by atoms with Gasteiger partial charge in [-0.05, 0) is 19.1 Å². The van der Waals surface area contributed by atoms with Gasteiger partial charge in [-0.2, -0.15) is 16.9 Å². The summed E-state index contributed by atoms with van der Waals surface area (Å²) in [6.45, 7) is 5.74. The maximum absolute atomic E-state index is 11.3. The van der Waals surface area contributed by atoms with E-state index in [-0.39, 0.29) is 16.1 Å². The average molecular weight is 341 g/mol. The number of anilines is 1. The first-order valence-corrected chi connectivity index (χ1v) is 9.01. The Hall–Kier alpha value is -1.32. The van der Waals surface area contributed by atoms with E-state index in [9.17, 15) is 10.1 Å². The Morgan fingerprint density at radius 2 is 2.22 bits per heavy atom. The number of nitrogens with one attached hydrogen (secondary N) is 1. The molecule has 0 radical (unpaired) electrons. The number of morpholine rings is 1. The summed E-state index contributed by atoms with van der Waals surface area (Å²) in [5.41, 5.74) is 0.567. The van der Waals surface area contributed by atoms with Crippen LogP contribution in [0.2, 0.25) is 0 Å². The molecule has 2 aliphatic heterocycles. The third kappa shape index (κ3) is 3.17. The number of thioether (sulfide) groups is 1. The molecule has 8 nitrogen and oxygen atoms in total. The van der Waals surface area contributed by atoms with Crippen LogP contribution >= 0.6 is 11.8 Å². The van der Waals surface area contributed by atoms with E-state index in [0.717, 1.165) is 44.2 Å². The Bertz CT molecular complexity index is 579. The van der Waals surface area contributed by atoms with Crippen molar-refractivity contribution in [2.45, 2.75) is 18.9 Å². The SMILES string of the molecule is Cc1nn(C)c(NCC2(N3CCOCC3)CCSC2)c1[N+](=O)[O-]. The van der Waals surface area contributed by atoms with Gasteiger partial charge in [-0.1, -0.05) is 0 Å². The standard InChI is InChI=1S/C14H23N5O3S/c1-11-12(19(20)21)13(17(2)16-11)15-9-14(3-8-23-10-14)18-4-6-22-7-5-18/h15H,3-10H2,1-2H3. The highest BCUT2D eigenvalue weighted by Crippen LogP contribution is 2.35. The lowest BCUT2D eigenvalue weighted by Gasteiger charge is -2.43. The number of nitrogens with zero attached hydrogens (tertiary/aromatic N) is 4. The molecule has 1 aromatic heterocycles. The number of ether oxygens (including phenoxy) is 1. The third-order valence-corrected chi connectivity index (χ3v) is 5.96. The highest BCUT2D eigenvalue weighted by atomic mass is 32.2. The minimum absolute atomic E-state index is 0.0422. The molecule has 9 heteroatoms. The molecule has 2 saturated heterocycles. The molecular weight excluding hydrogens is 318 g/mol. The van der Waals surface area contributed by atoms with Crippen molar-refractivity contribution in [1.29, 1.82) is 0 Å². The second kappa shape index (κ2) is 6.66. The molecule has 0 aromatic carbocycles. The van der Waals surface area contributed by atoms with E-state index in [1.807, 2.05) is 11.8 Å². The summed E-state index contributed by atoms with van der Waals surface area (Å²) in [6.07, 6.45) is 1.09. The Balaban J connectivity index is 1.79. The summed E-state index contributed by atoms with van der Waals surface area (Å²) < 4.78 is 7.04. The molecule has 128 valence electrons. The molecule has 0 amide bonds. The third-order valence-electron chi connectivity index (χ3n) is 4.72. The Labute approximate surface area is 139 Å². The van der Waals surface area contributed by atoms with Gasteiger partial charge in [-0.15, -0.1) is 0 Å². The molecule has 1 N–H and O–H groups in total. The van der Waals surface area contributed by atoms with Crippen molar-refractivity contribution < 1.29 is 9.66 Å². The van der Waals surface area contributed by atoms with Gasteiger partial charge in [0.05, 0.1) is 18.1 Å². The van der Waals surface area contributed by atoms with Gasteiger partial charge in [-0.3, -0.25) is 15.0 Å². The van der Waals surface area contributed by atoms with E-state index in [0.29, 0.717) is 18.1 Å². The maximum Gasteiger partial charge on any atom is 0.333 e. The van der Waals surface area contributed by atoms with Gasteiger partial charge in [0.15, 0.2) is 0 Å². The molecule has 3 heterocycles. The molecule has 0 aliphatic carbocycles. The van der Waals surface area contributed by atoms with Crippen molar-refractivity contribution in [3.8, 4) is 0 Å². The normalized spacial score (nSPS) is 25.7. The summed E-state index contributed by atoms with van der Waals surface area (Å²) in [6, 6.07) is 0. The second-order valence-corrected chi connectivity index (χ2v) is 7.25. The van der Waals surface area contributed by atoms with Crippen LogP contribution in [0.1, 0.15) is 12.1 Å². The lowest BCUT2D eigenvalue weighted by Crippen LogP contribution is -2.57. The molecule has 1 unspecified atom stereocenters. The fourth-order valence-corrected chi connectivity index (χ4v) is 4.92. The molecule has 2 fully saturated rings. The Kier molecular flexibility index (Phi) is 4.79. The van der Waals surface area contributed by atoms with Gasteiger partial charge < -0.3 is 10.1 Å². The lowest BCUT2D eigenvalue weighted by atomic mass is 9.95. The zero-order chi connectivity index (χ0) is 16.4. The second-order valence-electron chi connectivity index (χ2n) is 6.14. The first kappa shape index (κ1) is 16.5. The molecule has 3 rings (SSSR count). The Morgan fingerprint density at radius 1 is 1.48 bits per heavy atom. The number of aryl methyl sites for hydroxylation is 2. The van der Waals surface area contributed by atoms with Crippen LogP contribution in [0.4, 0.5) is 11.5 Å². The van der Waals surface area contributed by atoms with Gasteiger partial charge >= 0.3 is 5.69 Å². The molecule has 1 atom stereocenters. The molecule has 0 spiro atoms. The van der Waals surface area contributed by atoms with E-state index < -0.39 is 0 Å². The van der Waals surface area contributed by atoms with Gasteiger partial charge in [-0.25, -0.2) is 4.68 Å². The summed E-state index contributed by atoms with van der Waals surface area (Å²) in [4.78, 5) is 13.4. The van der Waals surface area contributed by atoms with Crippen LogP contribution in [0, 0.1) is 17.0 Å². The van der Waals surface area contributed by atoms with Gasteiger partial charge in [0.2, 0.25) is 5.82 Å². The first-order valence-electron chi connectivity index (χ1n) is 7.86. The number of nitro groups is 1. The van der Waals surface area contributed by atoms with Crippen LogP contribution in [0.3, 0.4) is 0 Å². The van der Waals surface area contributed by atoms with E-state index in [2.05, 4.69) is 15.3 Å². The number of hydrogen-bond donors (Lipinski definition) is 1. The van der Waals surface area contributed by atoms with Crippen molar-refractivity contribution in [3.63, 3.8) is 0 Å².